The molecule has 1 aliphatic rings. The van der Waals surface area contributed by atoms with Crippen LogP contribution in [0.3, 0.4) is 0 Å². The molecule has 0 atom stereocenters. The van der Waals surface area contributed by atoms with Crippen LogP contribution in [0.1, 0.15) is 7.85 Å². The first-order valence-corrected chi connectivity index (χ1v) is 5.70. The van der Waals surface area contributed by atoms with E-state index in [1.54, 1.807) is 18.2 Å². The quantitative estimate of drug-likeness (QED) is 0.614. The van der Waals surface area contributed by atoms with Gasteiger partial charge in [0.05, 0.1) is 0 Å². The zero-order valence-electron chi connectivity index (χ0n) is 7.07. The maximum Gasteiger partial charge on any atom is -1.00 e. The van der Waals surface area contributed by atoms with Crippen LogP contribution in [-0.2, 0) is 26.1 Å². The molecular weight excluding hydrogens is 196 g/mol. The summed E-state index contributed by atoms with van der Waals surface area (Å²) < 4.78 is 5.06. The van der Waals surface area contributed by atoms with E-state index in [-0.39, 0.29) is 1.43 Å². The maximum absolute atomic E-state index is 10.4. The maximum atomic E-state index is 10.4. The Morgan fingerprint density at radius 2 is 1.83 bits per heavy atom. The molecule has 4 heteroatoms. The molecule has 1 aliphatic carbocycles. The Morgan fingerprint density at radius 1 is 1.25 bits per heavy atom. The summed E-state index contributed by atoms with van der Waals surface area (Å²) in [4.78, 5) is 31.3. The van der Waals surface area contributed by atoms with Crippen LogP contribution >= 0.6 is 0 Å². The van der Waals surface area contributed by atoms with Gasteiger partial charge in [0.25, 0.3) is 0 Å². The predicted octanol–water partition coefficient (Wildman–Crippen LogP) is 0.298. The zero-order chi connectivity index (χ0) is 9.03. The number of carbonyl (C=O) groups excluding carboxylic acids is 3. The molecule has 0 unspecified atom stereocenters. The van der Waals surface area contributed by atoms with E-state index in [0.29, 0.717) is 10.9 Å². The van der Waals surface area contributed by atoms with Crippen molar-refractivity contribution in [2.75, 3.05) is 0 Å². The van der Waals surface area contributed by atoms with Gasteiger partial charge in [0, 0.05) is 0 Å². The predicted molar refractivity (Wildman–Crippen MR) is 40.0 cm³/mol. The second kappa shape index (κ2) is 3.43. The van der Waals surface area contributed by atoms with Crippen molar-refractivity contribution in [1.82, 2.24) is 0 Å². The number of hydrogen-bond donors (Lipinski definition) is 0. The molecular formula is C8H6CrO3-2. The van der Waals surface area contributed by atoms with E-state index in [0.717, 1.165) is 0 Å². The summed E-state index contributed by atoms with van der Waals surface area (Å²) in [6, 6.07) is 0. The first-order valence-electron chi connectivity index (χ1n) is 3.15. The fraction of sp³-hybridized carbons (Fsp3) is 0.125. The Bertz CT molecular complexity index is 463. The molecule has 64 valence electrons. The molecule has 0 saturated carbocycles. The van der Waals surface area contributed by atoms with E-state index in [4.69, 9.17) is 0 Å². The second-order valence-electron chi connectivity index (χ2n) is 2.13. The van der Waals surface area contributed by atoms with Gasteiger partial charge in [-0.25, -0.2) is 0 Å². The topological polar surface area (TPSA) is 51.2 Å². The van der Waals surface area contributed by atoms with Gasteiger partial charge >= 0.3 is 69.5 Å². The largest absolute Gasteiger partial charge is 1.00 e. The number of hydrogen-bond acceptors (Lipinski definition) is 3. The molecule has 12 heavy (non-hydrogen) atoms. The molecule has 1 rings (SSSR count). The van der Waals surface area contributed by atoms with Gasteiger partial charge < -0.3 is 1.43 Å². The standard InChI is InChI=1S/C5H5.3CO.Cr.H/c1-2-4-5-3-1;3*1-2;;/h1-3H,4H2;;;;;/q;;;;2*-1. The van der Waals surface area contributed by atoms with Gasteiger partial charge in [0.2, 0.25) is 0 Å². The summed E-state index contributed by atoms with van der Waals surface area (Å²) in [5.41, 5.74) is 0. The van der Waals surface area contributed by atoms with Crippen molar-refractivity contribution in [3.63, 3.8) is 0 Å². The molecule has 0 fully saturated rings. The minimum Gasteiger partial charge on any atom is -1.00 e. The Balaban J connectivity index is 0.00000144. The van der Waals surface area contributed by atoms with Crippen molar-refractivity contribution in [2.45, 2.75) is 6.42 Å². The fourth-order valence-electron chi connectivity index (χ4n) is 0.866. The minimum absolute atomic E-state index is 0. The third-order valence-electron chi connectivity index (χ3n) is 1.51. The van der Waals surface area contributed by atoms with Crippen molar-refractivity contribution in [2.24, 2.45) is 0 Å². The zero-order valence-corrected chi connectivity index (χ0v) is 7.35. The van der Waals surface area contributed by atoms with Gasteiger partial charge in [-0.1, -0.05) is 0 Å². The van der Waals surface area contributed by atoms with Gasteiger partial charge in [-0.15, -0.1) is 0 Å². The van der Waals surface area contributed by atoms with Crippen molar-refractivity contribution in [3.05, 3.63) is 22.7 Å². The Morgan fingerprint density at radius 3 is 2.17 bits per heavy atom. The van der Waals surface area contributed by atoms with Crippen LogP contribution in [-0.4, -0.2) is 14.2 Å². The number of allylic oxidation sites excluding steroid dienone is 4. The van der Waals surface area contributed by atoms with Gasteiger partial charge in [-0.3, -0.25) is 0 Å². The van der Waals surface area contributed by atoms with Crippen LogP contribution in [0, 0.1) is 0 Å². The van der Waals surface area contributed by atoms with Crippen LogP contribution < -0.4 is 0 Å². The summed E-state index contributed by atoms with van der Waals surface area (Å²) >= 11 is -3.59. The fourth-order valence-corrected chi connectivity index (χ4v) is 2.51. The van der Waals surface area contributed by atoms with E-state index in [9.17, 15) is 14.4 Å². The monoisotopic (exact) mass is 202 g/mol. The molecule has 0 spiro atoms. The molecule has 0 saturated heterocycles. The molecule has 0 amide bonds. The van der Waals surface area contributed by atoms with E-state index in [1.165, 1.54) is 14.2 Å². The molecule has 0 aliphatic heterocycles. The SMILES string of the molecule is O=[C]=[Cr-](=[C]=O)(=[C]=O)[C]1=CC=CC1.[H-]. The Labute approximate surface area is 71.4 Å². The van der Waals surface area contributed by atoms with Crippen molar-refractivity contribution >= 4 is 14.2 Å². The average Bonchev–Trinajstić information content (AvgIpc) is 2.62. The summed E-state index contributed by atoms with van der Waals surface area (Å²) in [6.45, 7) is 0. The molecule has 0 aromatic carbocycles. The summed E-state index contributed by atoms with van der Waals surface area (Å²) in [5, 5.41) is 0. The minimum atomic E-state index is -3.59. The van der Waals surface area contributed by atoms with Crippen LogP contribution in [0.25, 0.3) is 0 Å². The Hall–Kier alpha value is -1.25. The molecule has 0 bridgehead atoms. The Kier molecular flexibility index (Phi) is 2.53. The molecule has 3 nitrogen and oxygen atoms in total. The van der Waals surface area contributed by atoms with Gasteiger partial charge in [-0.05, 0) is 0 Å². The van der Waals surface area contributed by atoms with E-state index < -0.39 is 11.8 Å². The molecule has 0 N–H and O–H groups in total. The van der Waals surface area contributed by atoms with Gasteiger partial charge in [0.15, 0.2) is 0 Å². The van der Waals surface area contributed by atoms with Crippen LogP contribution in [0.4, 0.5) is 0 Å². The van der Waals surface area contributed by atoms with Crippen LogP contribution in [0.15, 0.2) is 22.7 Å². The van der Waals surface area contributed by atoms with Gasteiger partial charge in [-0.2, -0.15) is 0 Å². The van der Waals surface area contributed by atoms with Crippen molar-refractivity contribution in [1.29, 1.82) is 0 Å². The number of rotatable bonds is 1. The molecule has 0 aromatic heterocycles. The molecule has 0 aromatic rings. The third-order valence-corrected chi connectivity index (χ3v) is 4.38. The second-order valence-corrected chi connectivity index (χ2v) is 5.64. The third kappa shape index (κ3) is 1.22. The van der Waals surface area contributed by atoms with Crippen molar-refractivity contribution in [3.8, 4) is 0 Å². The summed E-state index contributed by atoms with van der Waals surface area (Å²) in [7, 11) is 0. The van der Waals surface area contributed by atoms with E-state index in [2.05, 4.69) is 0 Å². The molecule has 0 radical (unpaired) electrons. The average molecular weight is 202 g/mol. The smallest absolute Gasteiger partial charge is 1.00 e. The van der Waals surface area contributed by atoms with Gasteiger partial charge in [0.1, 0.15) is 0 Å². The van der Waals surface area contributed by atoms with E-state index >= 15 is 0 Å². The summed E-state index contributed by atoms with van der Waals surface area (Å²) in [6.07, 6.45) is 5.54. The molecule has 0 heterocycles. The van der Waals surface area contributed by atoms with Crippen LogP contribution in [0.5, 0.6) is 0 Å². The van der Waals surface area contributed by atoms with E-state index in [1.807, 2.05) is 0 Å². The van der Waals surface area contributed by atoms with Crippen molar-refractivity contribution < 1.29 is 27.6 Å². The van der Waals surface area contributed by atoms with Crippen LogP contribution in [0.2, 0.25) is 0 Å². The summed E-state index contributed by atoms with van der Waals surface area (Å²) in [5.74, 6) is 0. The first kappa shape index (κ1) is 8.85. The normalized spacial score (nSPS) is 14.5. The first-order chi connectivity index (χ1) is 5.79.